The maximum atomic E-state index is 13.3. The lowest BCUT2D eigenvalue weighted by Crippen LogP contribution is -2.40. The van der Waals surface area contributed by atoms with Crippen molar-refractivity contribution < 1.29 is 31.1 Å². The first kappa shape index (κ1) is 22.7. The summed E-state index contributed by atoms with van der Waals surface area (Å²) < 4.78 is 65.3. The molecule has 2 aromatic rings. The predicted octanol–water partition coefficient (Wildman–Crippen LogP) is 1.64. The quantitative estimate of drug-likeness (QED) is 0.578. The van der Waals surface area contributed by atoms with Crippen molar-refractivity contribution >= 4 is 31.7 Å². The molecule has 32 heavy (non-hydrogen) atoms. The summed E-state index contributed by atoms with van der Waals surface area (Å²) in [6, 6.07) is 10.2. The van der Waals surface area contributed by atoms with Gasteiger partial charge in [-0.2, -0.15) is 4.31 Å². The van der Waals surface area contributed by atoms with E-state index in [1.807, 2.05) is 0 Å². The summed E-state index contributed by atoms with van der Waals surface area (Å²) in [5.74, 6) is -0.593. The number of esters is 1. The number of anilines is 1. The van der Waals surface area contributed by atoms with Crippen molar-refractivity contribution in [3.05, 3.63) is 53.6 Å². The van der Waals surface area contributed by atoms with E-state index in [1.165, 1.54) is 45.0 Å². The van der Waals surface area contributed by atoms with Gasteiger partial charge in [0.25, 0.3) is 10.0 Å². The molecule has 0 saturated carbocycles. The average molecular weight is 481 g/mol. The molecule has 0 atom stereocenters. The van der Waals surface area contributed by atoms with Gasteiger partial charge in [0.2, 0.25) is 10.0 Å². The second kappa shape index (κ2) is 8.81. The third-order valence-electron chi connectivity index (χ3n) is 5.44. The van der Waals surface area contributed by atoms with Gasteiger partial charge in [-0.1, -0.05) is 6.07 Å². The SMILES string of the molecule is CCOC(=O)c1cccc(S(=O)(=O)N2CCc3cc(S(=O)(=O)N4CCOCC4)ccc32)c1. The Hall–Kier alpha value is -2.47. The average Bonchev–Trinajstić information content (AvgIpc) is 3.24. The van der Waals surface area contributed by atoms with E-state index >= 15 is 0 Å². The van der Waals surface area contributed by atoms with Gasteiger partial charge >= 0.3 is 5.97 Å². The molecule has 2 aliphatic rings. The Balaban J connectivity index is 1.64. The van der Waals surface area contributed by atoms with Crippen LogP contribution in [-0.4, -0.2) is 66.6 Å². The van der Waals surface area contributed by atoms with Gasteiger partial charge in [0.15, 0.2) is 0 Å². The van der Waals surface area contributed by atoms with Gasteiger partial charge < -0.3 is 9.47 Å². The Morgan fingerprint density at radius 2 is 1.69 bits per heavy atom. The number of hydrogen-bond donors (Lipinski definition) is 0. The van der Waals surface area contributed by atoms with Crippen molar-refractivity contribution in [1.82, 2.24) is 4.31 Å². The molecule has 2 aliphatic heterocycles. The molecule has 0 aromatic heterocycles. The summed E-state index contributed by atoms with van der Waals surface area (Å²) in [7, 11) is -7.62. The molecular weight excluding hydrogens is 456 g/mol. The number of carbonyl (C=O) groups excluding carboxylic acids is 1. The zero-order chi connectivity index (χ0) is 22.9. The standard InChI is InChI=1S/C21H24N2O7S2/c1-2-30-21(24)17-4-3-5-18(15-17)32(27,28)23-9-8-16-14-19(6-7-20(16)23)31(25,26)22-10-12-29-13-11-22/h3-7,14-15H,2,8-13H2,1H3. The Kier molecular flexibility index (Phi) is 6.26. The van der Waals surface area contributed by atoms with Crippen LogP contribution in [-0.2, 0) is 35.9 Å². The minimum absolute atomic E-state index is 0.0269. The third kappa shape index (κ3) is 4.13. The van der Waals surface area contributed by atoms with Gasteiger partial charge in [0, 0.05) is 19.6 Å². The van der Waals surface area contributed by atoms with Gasteiger partial charge in [-0.25, -0.2) is 21.6 Å². The molecule has 9 nitrogen and oxygen atoms in total. The van der Waals surface area contributed by atoms with E-state index in [4.69, 9.17) is 9.47 Å². The van der Waals surface area contributed by atoms with Crippen LogP contribution in [0.5, 0.6) is 0 Å². The van der Waals surface area contributed by atoms with Gasteiger partial charge in [0.1, 0.15) is 0 Å². The van der Waals surface area contributed by atoms with Gasteiger partial charge in [-0.3, -0.25) is 4.31 Å². The van der Waals surface area contributed by atoms with Gasteiger partial charge in [-0.15, -0.1) is 0 Å². The molecule has 0 radical (unpaired) electrons. The minimum Gasteiger partial charge on any atom is -0.462 e. The van der Waals surface area contributed by atoms with Crippen LogP contribution >= 0.6 is 0 Å². The molecule has 1 saturated heterocycles. The van der Waals surface area contributed by atoms with E-state index in [1.54, 1.807) is 13.0 Å². The highest BCUT2D eigenvalue weighted by molar-refractivity contribution is 7.92. The predicted molar refractivity (Wildman–Crippen MR) is 117 cm³/mol. The molecule has 2 heterocycles. The summed E-state index contributed by atoms with van der Waals surface area (Å²) in [5.41, 5.74) is 1.23. The highest BCUT2D eigenvalue weighted by atomic mass is 32.2. The number of nitrogens with zero attached hydrogens (tertiary/aromatic N) is 2. The fourth-order valence-corrected chi connectivity index (χ4v) is 6.83. The third-order valence-corrected chi connectivity index (χ3v) is 9.15. The number of fused-ring (bicyclic) bond motifs is 1. The largest absolute Gasteiger partial charge is 0.462 e. The molecule has 1 fully saturated rings. The lowest BCUT2D eigenvalue weighted by atomic mass is 10.2. The van der Waals surface area contributed by atoms with Crippen LogP contribution < -0.4 is 4.31 Å². The second-order valence-electron chi connectivity index (χ2n) is 7.38. The number of carbonyl (C=O) groups is 1. The molecule has 0 unspecified atom stereocenters. The maximum Gasteiger partial charge on any atom is 0.338 e. The lowest BCUT2D eigenvalue weighted by Gasteiger charge is -2.26. The number of rotatable bonds is 6. The van der Waals surface area contributed by atoms with Crippen LogP contribution in [0.2, 0.25) is 0 Å². The van der Waals surface area contributed by atoms with Gasteiger partial charge in [0.05, 0.1) is 40.9 Å². The number of hydrogen-bond acceptors (Lipinski definition) is 7. The molecule has 0 spiro atoms. The highest BCUT2D eigenvalue weighted by Crippen LogP contribution is 2.35. The summed E-state index contributed by atoms with van der Waals surface area (Å²) in [6.07, 6.45) is 0.388. The molecule has 172 valence electrons. The van der Waals surface area contributed by atoms with E-state index in [0.29, 0.717) is 30.9 Å². The minimum atomic E-state index is -3.94. The van der Waals surface area contributed by atoms with Crippen molar-refractivity contribution in [3.8, 4) is 0 Å². The fraction of sp³-hybridized carbons (Fsp3) is 0.381. The molecule has 0 amide bonds. The Bertz CT molecular complexity index is 1240. The number of sulfonamides is 2. The van der Waals surface area contributed by atoms with Crippen LogP contribution in [0, 0.1) is 0 Å². The Labute approximate surface area is 187 Å². The van der Waals surface area contributed by atoms with E-state index in [-0.39, 0.29) is 41.6 Å². The smallest absolute Gasteiger partial charge is 0.338 e. The van der Waals surface area contributed by atoms with Crippen LogP contribution in [0.25, 0.3) is 0 Å². The maximum absolute atomic E-state index is 13.3. The Morgan fingerprint density at radius 1 is 0.969 bits per heavy atom. The number of benzene rings is 2. The summed E-state index contributed by atoms with van der Waals surface area (Å²) >= 11 is 0. The zero-order valence-electron chi connectivity index (χ0n) is 17.6. The molecule has 11 heteroatoms. The molecule has 4 rings (SSSR count). The van der Waals surface area contributed by atoms with E-state index in [2.05, 4.69) is 0 Å². The van der Waals surface area contributed by atoms with Crippen molar-refractivity contribution in [2.75, 3.05) is 43.8 Å². The highest BCUT2D eigenvalue weighted by Gasteiger charge is 2.33. The van der Waals surface area contributed by atoms with Crippen LogP contribution in [0.3, 0.4) is 0 Å². The molecular formula is C21H24N2O7S2. The van der Waals surface area contributed by atoms with Crippen molar-refractivity contribution in [2.24, 2.45) is 0 Å². The van der Waals surface area contributed by atoms with Crippen molar-refractivity contribution in [3.63, 3.8) is 0 Å². The first-order valence-corrected chi connectivity index (χ1v) is 13.1. The molecule has 0 N–H and O–H groups in total. The fourth-order valence-electron chi connectivity index (χ4n) is 3.82. The van der Waals surface area contributed by atoms with Crippen LogP contribution in [0.15, 0.2) is 52.3 Å². The van der Waals surface area contributed by atoms with Crippen LogP contribution in [0.1, 0.15) is 22.8 Å². The summed E-state index contributed by atoms with van der Waals surface area (Å²) in [6.45, 7) is 3.32. The Morgan fingerprint density at radius 3 is 2.41 bits per heavy atom. The first-order chi connectivity index (χ1) is 15.2. The number of ether oxygens (including phenoxy) is 2. The first-order valence-electron chi connectivity index (χ1n) is 10.3. The van der Waals surface area contributed by atoms with E-state index < -0.39 is 26.0 Å². The van der Waals surface area contributed by atoms with Crippen molar-refractivity contribution in [2.45, 2.75) is 23.1 Å². The summed E-state index contributed by atoms with van der Waals surface area (Å²) in [4.78, 5) is 12.1. The lowest BCUT2D eigenvalue weighted by molar-refractivity contribution is 0.0526. The molecule has 0 aliphatic carbocycles. The monoisotopic (exact) mass is 480 g/mol. The van der Waals surface area contributed by atoms with E-state index in [0.717, 1.165) is 0 Å². The van der Waals surface area contributed by atoms with E-state index in [9.17, 15) is 21.6 Å². The number of morpholine rings is 1. The second-order valence-corrected chi connectivity index (χ2v) is 11.2. The molecule has 0 bridgehead atoms. The van der Waals surface area contributed by atoms with Crippen LogP contribution in [0.4, 0.5) is 5.69 Å². The van der Waals surface area contributed by atoms with Crippen molar-refractivity contribution in [1.29, 1.82) is 0 Å². The zero-order valence-corrected chi connectivity index (χ0v) is 19.2. The summed E-state index contributed by atoms with van der Waals surface area (Å²) in [5, 5.41) is 0. The van der Waals surface area contributed by atoms with Gasteiger partial charge in [-0.05, 0) is 55.3 Å². The topological polar surface area (TPSA) is 110 Å². The molecule has 2 aromatic carbocycles. The normalized spacial score (nSPS) is 17.2.